The van der Waals surface area contributed by atoms with Gasteiger partial charge in [-0.15, -0.1) is 0 Å². The smallest absolute Gasteiger partial charge is 0.255 e. The fourth-order valence-corrected chi connectivity index (χ4v) is 2.71. The van der Waals surface area contributed by atoms with Crippen LogP contribution in [0, 0.1) is 0 Å². The second-order valence-electron chi connectivity index (χ2n) is 6.02. The second kappa shape index (κ2) is 10.6. The number of aliphatic hydroxyl groups excluding tert-OH is 1. The lowest BCUT2D eigenvalue weighted by atomic mass is 10.1. The quantitative estimate of drug-likeness (QED) is 0.695. The summed E-state index contributed by atoms with van der Waals surface area (Å²) in [4.78, 5) is 26.5. The molecule has 1 aromatic carbocycles. The average molecular weight is 365 g/mol. The van der Waals surface area contributed by atoms with Gasteiger partial charge in [0.25, 0.3) is 5.91 Å². The van der Waals surface area contributed by atoms with Crippen molar-refractivity contribution < 1.29 is 24.2 Å². The molecule has 1 aliphatic heterocycles. The number of benzene rings is 1. The van der Waals surface area contributed by atoms with Gasteiger partial charge < -0.3 is 25.2 Å². The Morgan fingerprint density at radius 1 is 1.27 bits per heavy atom. The van der Waals surface area contributed by atoms with Gasteiger partial charge in [0, 0.05) is 32.3 Å². The summed E-state index contributed by atoms with van der Waals surface area (Å²) in [6.07, 6.45) is 1.31. The molecule has 26 heavy (non-hydrogen) atoms. The molecule has 1 heterocycles. The first-order chi connectivity index (χ1) is 12.6. The minimum absolute atomic E-state index is 0.0847. The Hall–Kier alpha value is -2.32. The topological polar surface area (TPSA) is 100 Å². The van der Waals surface area contributed by atoms with Crippen LogP contribution in [-0.4, -0.2) is 74.9 Å². The summed E-state index contributed by atoms with van der Waals surface area (Å²) in [5.74, 6) is 0.739. The number of fused-ring (bicyclic) bond motifs is 1. The third-order valence-corrected chi connectivity index (χ3v) is 4.05. The van der Waals surface area contributed by atoms with Crippen LogP contribution in [0.1, 0.15) is 23.2 Å². The predicted octanol–water partition coefficient (Wildman–Crippen LogP) is 0.00810. The molecule has 0 saturated carbocycles. The number of hydrogen-bond donors (Lipinski definition) is 3. The molecular weight excluding hydrogens is 338 g/mol. The van der Waals surface area contributed by atoms with Crippen LogP contribution in [0.5, 0.6) is 11.5 Å². The average Bonchev–Trinajstić information content (AvgIpc) is 2.65. The third kappa shape index (κ3) is 6.20. The predicted molar refractivity (Wildman–Crippen MR) is 96.6 cm³/mol. The number of methoxy groups -OCH3 is 1. The van der Waals surface area contributed by atoms with Crippen molar-refractivity contribution in [2.24, 2.45) is 0 Å². The molecule has 0 radical (unpaired) electrons. The molecule has 0 atom stereocenters. The minimum Gasteiger partial charge on any atom is -0.497 e. The lowest BCUT2D eigenvalue weighted by Crippen LogP contribution is -2.41. The van der Waals surface area contributed by atoms with Gasteiger partial charge in [-0.3, -0.25) is 14.5 Å². The monoisotopic (exact) mass is 365 g/mol. The van der Waals surface area contributed by atoms with Gasteiger partial charge in [0.15, 0.2) is 0 Å². The van der Waals surface area contributed by atoms with Crippen molar-refractivity contribution in [3.8, 4) is 11.5 Å². The second-order valence-corrected chi connectivity index (χ2v) is 6.02. The van der Waals surface area contributed by atoms with E-state index >= 15 is 0 Å². The minimum atomic E-state index is -0.203. The van der Waals surface area contributed by atoms with E-state index in [2.05, 4.69) is 10.6 Å². The molecule has 2 rings (SSSR count). The van der Waals surface area contributed by atoms with Gasteiger partial charge in [-0.05, 0) is 25.0 Å². The largest absolute Gasteiger partial charge is 0.497 e. The SMILES string of the molecule is COc1ccc2c(c1)OCCNC(=O)CN(CCCO)CCCNC2=O. The number of rotatable bonds is 4. The van der Waals surface area contributed by atoms with E-state index in [4.69, 9.17) is 14.6 Å². The highest BCUT2D eigenvalue weighted by molar-refractivity contribution is 5.97. The summed E-state index contributed by atoms with van der Waals surface area (Å²) in [6.45, 7) is 2.72. The summed E-state index contributed by atoms with van der Waals surface area (Å²) in [6, 6.07) is 5.05. The summed E-state index contributed by atoms with van der Waals surface area (Å²) < 4.78 is 10.9. The van der Waals surface area contributed by atoms with Gasteiger partial charge in [-0.2, -0.15) is 0 Å². The highest BCUT2D eigenvalue weighted by Gasteiger charge is 2.16. The Bertz CT molecular complexity index is 608. The molecule has 0 saturated heterocycles. The van der Waals surface area contributed by atoms with E-state index in [1.807, 2.05) is 4.90 Å². The van der Waals surface area contributed by atoms with E-state index in [0.29, 0.717) is 56.1 Å². The van der Waals surface area contributed by atoms with Gasteiger partial charge in [0.1, 0.15) is 18.1 Å². The summed E-state index contributed by atoms with van der Waals surface area (Å²) in [7, 11) is 1.55. The molecule has 144 valence electrons. The van der Waals surface area contributed by atoms with Crippen LogP contribution >= 0.6 is 0 Å². The molecule has 8 nitrogen and oxygen atoms in total. The fraction of sp³-hybridized carbons (Fsp3) is 0.556. The molecule has 0 fully saturated rings. The van der Waals surface area contributed by atoms with Crippen LogP contribution in [0.2, 0.25) is 0 Å². The molecule has 1 aliphatic rings. The maximum atomic E-state index is 12.4. The Morgan fingerprint density at radius 2 is 2.12 bits per heavy atom. The van der Waals surface area contributed by atoms with Gasteiger partial charge in [-0.25, -0.2) is 0 Å². The summed E-state index contributed by atoms with van der Waals surface area (Å²) in [5, 5.41) is 14.7. The zero-order chi connectivity index (χ0) is 18.8. The molecule has 0 aromatic heterocycles. The van der Waals surface area contributed by atoms with Gasteiger partial charge >= 0.3 is 0 Å². The van der Waals surface area contributed by atoms with E-state index in [1.54, 1.807) is 25.3 Å². The van der Waals surface area contributed by atoms with E-state index in [-0.39, 0.29) is 31.6 Å². The third-order valence-electron chi connectivity index (χ3n) is 4.05. The number of nitrogens with zero attached hydrogens (tertiary/aromatic N) is 1. The zero-order valence-electron chi connectivity index (χ0n) is 15.1. The fourth-order valence-electron chi connectivity index (χ4n) is 2.71. The van der Waals surface area contributed by atoms with E-state index < -0.39 is 0 Å². The maximum absolute atomic E-state index is 12.4. The van der Waals surface area contributed by atoms with E-state index in [1.165, 1.54) is 0 Å². The Kier molecular flexibility index (Phi) is 8.17. The highest BCUT2D eigenvalue weighted by atomic mass is 16.5. The van der Waals surface area contributed by atoms with Crippen molar-refractivity contribution in [3.63, 3.8) is 0 Å². The maximum Gasteiger partial charge on any atom is 0.255 e. The van der Waals surface area contributed by atoms with Crippen molar-refractivity contribution in [1.29, 1.82) is 0 Å². The van der Waals surface area contributed by atoms with Crippen LogP contribution in [0.4, 0.5) is 0 Å². The molecule has 8 heteroatoms. The Labute approximate surface area is 153 Å². The summed E-state index contributed by atoms with van der Waals surface area (Å²) >= 11 is 0. The van der Waals surface area contributed by atoms with Crippen LogP contribution in [-0.2, 0) is 4.79 Å². The van der Waals surface area contributed by atoms with Crippen molar-refractivity contribution in [2.75, 3.05) is 53.0 Å². The van der Waals surface area contributed by atoms with Crippen molar-refractivity contribution in [1.82, 2.24) is 15.5 Å². The van der Waals surface area contributed by atoms with E-state index in [0.717, 1.165) is 0 Å². The van der Waals surface area contributed by atoms with Gasteiger partial charge in [0.2, 0.25) is 5.91 Å². The number of nitrogens with one attached hydrogen (secondary N) is 2. The highest BCUT2D eigenvalue weighted by Crippen LogP contribution is 2.24. The Balaban J connectivity index is 2.07. The first-order valence-corrected chi connectivity index (χ1v) is 8.83. The molecular formula is C18H27N3O5. The van der Waals surface area contributed by atoms with Crippen LogP contribution in [0.15, 0.2) is 18.2 Å². The van der Waals surface area contributed by atoms with Gasteiger partial charge in [0.05, 0.1) is 25.8 Å². The number of carbonyl (C=O) groups excluding carboxylic acids is 2. The number of hydrogen-bond acceptors (Lipinski definition) is 6. The molecule has 0 bridgehead atoms. The Morgan fingerprint density at radius 3 is 2.88 bits per heavy atom. The first kappa shape index (κ1) is 20.0. The standard InChI is InChI=1S/C18H27N3O5/c1-25-14-4-5-15-16(12-14)26-11-7-19-17(23)13-21(9-3-10-22)8-2-6-20-18(15)24/h4-5,12,22H,2-3,6-11,13H2,1H3,(H,19,23)(H,20,24). The van der Waals surface area contributed by atoms with Crippen LogP contribution < -0.4 is 20.1 Å². The van der Waals surface area contributed by atoms with Crippen molar-refractivity contribution in [3.05, 3.63) is 23.8 Å². The normalized spacial score (nSPS) is 17.3. The zero-order valence-corrected chi connectivity index (χ0v) is 15.1. The van der Waals surface area contributed by atoms with Crippen LogP contribution in [0.25, 0.3) is 0 Å². The first-order valence-electron chi connectivity index (χ1n) is 8.83. The lowest BCUT2D eigenvalue weighted by Gasteiger charge is -2.22. The van der Waals surface area contributed by atoms with E-state index in [9.17, 15) is 9.59 Å². The molecule has 0 spiro atoms. The van der Waals surface area contributed by atoms with Crippen molar-refractivity contribution >= 4 is 11.8 Å². The molecule has 1 aromatic rings. The van der Waals surface area contributed by atoms with Gasteiger partial charge in [-0.1, -0.05) is 0 Å². The number of carbonyl (C=O) groups is 2. The number of amides is 2. The molecule has 2 amide bonds. The number of ether oxygens (including phenoxy) is 2. The summed E-state index contributed by atoms with van der Waals surface area (Å²) in [5.41, 5.74) is 0.436. The molecule has 0 unspecified atom stereocenters. The number of aliphatic hydroxyl groups is 1. The molecule has 3 N–H and O–H groups in total. The molecule has 0 aliphatic carbocycles. The van der Waals surface area contributed by atoms with Crippen LogP contribution in [0.3, 0.4) is 0 Å². The lowest BCUT2D eigenvalue weighted by molar-refractivity contribution is -0.122. The van der Waals surface area contributed by atoms with Crippen molar-refractivity contribution in [2.45, 2.75) is 12.8 Å².